The highest BCUT2D eigenvalue weighted by molar-refractivity contribution is 5.96. The predicted molar refractivity (Wildman–Crippen MR) is 146 cm³/mol. The van der Waals surface area contributed by atoms with Crippen molar-refractivity contribution in [3.63, 3.8) is 0 Å². The highest BCUT2D eigenvalue weighted by Crippen LogP contribution is 2.37. The molecule has 0 bridgehead atoms. The van der Waals surface area contributed by atoms with Crippen LogP contribution in [0.5, 0.6) is 11.5 Å². The molecule has 8 nitrogen and oxygen atoms in total. The first-order valence-electron chi connectivity index (χ1n) is 12.6. The van der Waals surface area contributed by atoms with Crippen LogP contribution in [0.3, 0.4) is 0 Å². The molecular formula is C29H29F2N5O3. The van der Waals surface area contributed by atoms with Crippen LogP contribution in [0.25, 0.3) is 10.8 Å². The lowest BCUT2D eigenvalue weighted by Gasteiger charge is -2.35. The van der Waals surface area contributed by atoms with Gasteiger partial charge < -0.3 is 19.7 Å². The fourth-order valence-electron chi connectivity index (χ4n) is 4.79. The van der Waals surface area contributed by atoms with E-state index < -0.39 is 23.2 Å². The molecule has 1 aromatic heterocycles. The Morgan fingerprint density at radius 3 is 2.15 bits per heavy atom. The molecule has 0 aliphatic carbocycles. The summed E-state index contributed by atoms with van der Waals surface area (Å²) < 4.78 is 38.9. The summed E-state index contributed by atoms with van der Waals surface area (Å²) in [6.45, 7) is 2.34. The molecule has 0 radical (unpaired) electrons. The van der Waals surface area contributed by atoms with Gasteiger partial charge in [0.05, 0.1) is 26.5 Å². The summed E-state index contributed by atoms with van der Waals surface area (Å²) in [4.78, 5) is 16.5. The van der Waals surface area contributed by atoms with E-state index in [1.165, 1.54) is 6.07 Å². The van der Waals surface area contributed by atoms with Crippen molar-refractivity contribution in [2.45, 2.75) is 6.42 Å². The largest absolute Gasteiger partial charge is 0.493 e. The summed E-state index contributed by atoms with van der Waals surface area (Å²) in [5, 5.41) is 13.4. The number of piperazine rings is 1. The molecule has 1 saturated heterocycles. The van der Waals surface area contributed by atoms with E-state index in [0.717, 1.165) is 40.0 Å². The number of hydrogen-bond acceptors (Lipinski definition) is 7. The molecule has 1 aliphatic rings. The van der Waals surface area contributed by atoms with Crippen LogP contribution in [0.1, 0.15) is 11.3 Å². The number of benzene rings is 3. The smallest absolute Gasteiger partial charge is 0.238 e. The number of fused-ring (bicyclic) bond motifs is 1. The average molecular weight is 534 g/mol. The molecule has 0 spiro atoms. The summed E-state index contributed by atoms with van der Waals surface area (Å²) in [5.41, 5.74) is 1.53. The molecule has 3 aromatic carbocycles. The number of methoxy groups -OCH3 is 2. The number of para-hydroxylation sites is 1. The van der Waals surface area contributed by atoms with Crippen molar-refractivity contribution < 1.29 is 23.0 Å². The van der Waals surface area contributed by atoms with Crippen LogP contribution in [0.2, 0.25) is 0 Å². The van der Waals surface area contributed by atoms with E-state index in [4.69, 9.17) is 9.47 Å². The maximum absolute atomic E-state index is 13.9. The number of anilines is 2. The van der Waals surface area contributed by atoms with Gasteiger partial charge in [-0.15, -0.1) is 5.10 Å². The van der Waals surface area contributed by atoms with E-state index in [0.29, 0.717) is 44.1 Å². The van der Waals surface area contributed by atoms with E-state index >= 15 is 0 Å². The quantitative estimate of drug-likeness (QED) is 0.362. The fourth-order valence-corrected chi connectivity index (χ4v) is 4.79. The van der Waals surface area contributed by atoms with Crippen molar-refractivity contribution in [3.8, 4) is 11.5 Å². The zero-order valence-electron chi connectivity index (χ0n) is 21.8. The molecule has 4 aromatic rings. The molecule has 0 saturated carbocycles. The third-order valence-electron chi connectivity index (χ3n) is 6.82. The van der Waals surface area contributed by atoms with Crippen LogP contribution in [0, 0.1) is 11.6 Å². The van der Waals surface area contributed by atoms with Crippen LogP contribution in [-0.2, 0) is 11.2 Å². The van der Waals surface area contributed by atoms with Gasteiger partial charge in [0, 0.05) is 43.4 Å². The lowest BCUT2D eigenvalue weighted by Crippen LogP contribution is -2.49. The van der Waals surface area contributed by atoms with Crippen molar-refractivity contribution >= 4 is 28.2 Å². The fraction of sp³-hybridized carbons (Fsp3) is 0.276. The molecule has 1 aliphatic heterocycles. The van der Waals surface area contributed by atoms with Gasteiger partial charge in [-0.1, -0.05) is 36.4 Å². The zero-order valence-corrected chi connectivity index (χ0v) is 21.8. The number of aromatic nitrogens is 2. The van der Waals surface area contributed by atoms with Gasteiger partial charge in [-0.3, -0.25) is 9.69 Å². The highest BCUT2D eigenvalue weighted by Gasteiger charge is 2.24. The second-order valence-electron chi connectivity index (χ2n) is 9.29. The van der Waals surface area contributed by atoms with Crippen molar-refractivity contribution in [2.24, 2.45) is 0 Å². The Labute approximate surface area is 225 Å². The number of carbonyl (C=O) groups is 1. The first-order chi connectivity index (χ1) is 19.0. The Morgan fingerprint density at radius 1 is 0.872 bits per heavy atom. The van der Waals surface area contributed by atoms with Crippen molar-refractivity contribution in [3.05, 3.63) is 83.6 Å². The molecular weight excluding hydrogens is 504 g/mol. The van der Waals surface area contributed by atoms with Crippen LogP contribution in [0.4, 0.5) is 20.3 Å². The second kappa shape index (κ2) is 11.6. The minimum absolute atomic E-state index is 0.0229. The summed E-state index contributed by atoms with van der Waals surface area (Å²) >= 11 is 0. The summed E-state index contributed by atoms with van der Waals surface area (Å²) in [6, 6.07) is 17.4. The third-order valence-corrected chi connectivity index (χ3v) is 6.82. The topological polar surface area (TPSA) is 79.8 Å². The number of halogens is 2. The minimum Gasteiger partial charge on any atom is -0.493 e. The number of nitrogens with zero attached hydrogens (tertiary/aromatic N) is 4. The predicted octanol–water partition coefficient (Wildman–Crippen LogP) is 4.28. The molecule has 0 atom stereocenters. The van der Waals surface area contributed by atoms with Crippen LogP contribution in [0.15, 0.2) is 60.7 Å². The lowest BCUT2D eigenvalue weighted by molar-refractivity contribution is -0.117. The maximum atomic E-state index is 13.9. The van der Waals surface area contributed by atoms with Crippen LogP contribution in [-0.4, -0.2) is 67.9 Å². The van der Waals surface area contributed by atoms with E-state index in [2.05, 4.69) is 32.5 Å². The highest BCUT2D eigenvalue weighted by atomic mass is 19.1. The van der Waals surface area contributed by atoms with Gasteiger partial charge in [-0.05, 0) is 29.8 Å². The number of ether oxygens (including phenoxy) is 2. The Balaban J connectivity index is 1.34. The molecule has 10 heteroatoms. The number of amides is 1. The molecule has 1 amide bonds. The minimum atomic E-state index is -0.804. The Bertz CT molecular complexity index is 1460. The third kappa shape index (κ3) is 5.75. The van der Waals surface area contributed by atoms with E-state index in [1.54, 1.807) is 14.2 Å². The van der Waals surface area contributed by atoms with Gasteiger partial charge in [0.2, 0.25) is 5.91 Å². The normalized spacial score (nSPS) is 13.9. The van der Waals surface area contributed by atoms with Crippen molar-refractivity contribution in [2.75, 3.05) is 57.2 Å². The average Bonchev–Trinajstić information content (AvgIpc) is 2.95. The summed E-state index contributed by atoms with van der Waals surface area (Å²) in [6.07, 6.45) is 0.617. The van der Waals surface area contributed by atoms with E-state index in [9.17, 15) is 13.6 Å². The van der Waals surface area contributed by atoms with Gasteiger partial charge in [0.15, 0.2) is 17.3 Å². The molecule has 1 N–H and O–H groups in total. The molecule has 1 fully saturated rings. The Morgan fingerprint density at radius 2 is 1.51 bits per heavy atom. The van der Waals surface area contributed by atoms with Gasteiger partial charge in [0.1, 0.15) is 17.3 Å². The molecule has 5 rings (SSSR count). The Hall–Kier alpha value is -4.31. The maximum Gasteiger partial charge on any atom is 0.238 e. The number of carbonyl (C=O) groups excluding carboxylic acids is 1. The first-order valence-corrected chi connectivity index (χ1v) is 12.6. The van der Waals surface area contributed by atoms with E-state index in [-0.39, 0.29) is 6.54 Å². The standard InChI is InChI=1S/C29H29F2N5O3/c1-38-25-16-20-21(17-26(25)39-2)29(34-33-24(20)15-19-7-4-3-5-8-19)36-13-11-35(12-14-36)18-27(37)32-28-22(30)9-6-10-23(28)31/h3-10,16-17H,11-15,18H2,1-2H3,(H,32,37). The summed E-state index contributed by atoms with van der Waals surface area (Å²) in [5.74, 6) is -0.149. The van der Waals surface area contributed by atoms with Crippen molar-refractivity contribution in [1.29, 1.82) is 0 Å². The zero-order chi connectivity index (χ0) is 27.4. The van der Waals surface area contributed by atoms with Gasteiger partial charge >= 0.3 is 0 Å². The SMILES string of the molecule is COc1cc2c(Cc3ccccc3)nnc(N3CCN(CC(=O)Nc4c(F)cccc4F)CC3)c2cc1OC. The summed E-state index contributed by atoms with van der Waals surface area (Å²) in [7, 11) is 3.20. The van der Waals surface area contributed by atoms with Gasteiger partial charge in [-0.25, -0.2) is 8.78 Å². The molecule has 39 heavy (non-hydrogen) atoms. The number of hydrogen-bond donors (Lipinski definition) is 1. The van der Waals surface area contributed by atoms with Crippen molar-refractivity contribution in [1.82, 2.24) is 15.1 Å². The molecule has 2 heterocycles. The van der Waals surface area contributed by atoms with Gasteiger partial charge in [-0.2, -0.15) is 5.10 Å². The number of rotatable bonds is 8. The van der Waals surface area contributed by atoms with Gasteiger partial charge in [0.25, 0.3) is 0 Å². The second-order valence-corrected chi connectivity index (χ2v) is 9.29. The molecule has 0 unspecified atom stereocenters. The monoisotopic (exact) mass is 533 g/mol. The number of nitrogens with one attached hydrogen (secondary N) is 1. The Kier molecular flexibility index (Phi) is 7.83. The lowest BCUT2D eigenvalue weighted by atomic mass is 10.0. The van der Waals surface area contributed by atoms with Crippen LogP contribution >= 0.6 is 0 Å². The molecule has 202 valence electrons. The first kappa shape index (κ1) is 26.3. The van der Waals surface area contributed by atoms with E-state index in [1.807, 2.05) is 35.2 Å². The van der Waals surface area contributed by atoms with Crippen LogP contribution < -0.4 is 19.7 Å².